The average Bonchev–Trinajstić information content (AvgIpc) is 2.48. The number of ketones is 1. The zero-order valence-corrected chi connectivity index (χ0v) is 7.87. The van der Waals surface area contributed by atoms with Gasteiger partial charge in [-0.2, -0.15) is 0 Å². The molecule has 0 fully saturated rings. The van der Waals surface area contributed by atoms with Crippen LogP contribution in [0.25, 0.3) is 6.08 Å². The molecule has 1 aromatic rings. The molecule has 0 amide bonds. The Labute approximate surface area is 78.1 Å². The third-order valence-electron chi connectivity index (χ3n) is 2.59. The van der Waals surface area contributed by atoms with Crippen molar-refractivity contribution < 1.29 is 4.79 Å². The number of carbonyl (C=O) groups is 1. The minimum Gasteiger partial charge on any atom is -0.299 e. The number of rotatable bonds is 1. The molecular weight excluding hydrogens is 160 g/mol. The van der Waals surface area contributed by atoms with Crippen molar-refractivity contribution in [1.29, 1.82) is 0 Å². The average molecular weight is 172 g/mol. The zero-order chi connectivity index (χ0) is 9.42. The van der Waals surface area contributed by atoms with Crippen LogP contribution < -0.4 is 0 Å². The van der Waals surface area contributed by atoms with E-state index < -0.39 is 0 Å². The highest BCUT2D eigenvalue weighted by Gasteiger charge is 2.21. The van der Waals surface area contributed by atoms with Crippen LogP contribution in [-0.2, 0) is 4.79 Å². The minimum atomic E-state index is -0.00472. The van der Waals surface area contributed by atoms with Crippen molar-refractivity contribution in [1.82, 2.24) is 0 Å². The van der Waals surface area contributed by atoms with Crippen LogP contribution in [0.3, 0.4) is 0 Å². The van der Waals surface area contributed by atoms with Gasteiger partial charge in [0.1, 0.15) is 5.78 Å². The Morgan fingerprint density at radius 3 is 2.85 bits per heavy atom. The normalized spacial score (nSPS) is 18.8. The van der Waals surface area contributed by atoms with Gasteiger partial charge in [0.05, 0.1) is 5.92 Å². The summed E-state index contributed by atoms with van der Waals surface area (Å²) in [6.45, 7) is 3.72. The zero-order valence-electron chi connectivity index (χ0n) is 7.87. The third-order valence-corrected chi connectivity index (χ3v) is 2.59. The number of carbonyl (C=O) groups excluding carboxylic acids is 1. The topological polar surface area (TPSA) is 17.1 Å². The van der Waals surface area contributed by atoms with E-state index in [0.717, 1.165) is 5.56 Å². The highest BCUT2D eigenvalue weighted by molar-refractivity contribution is 5.90. The first kappa shape index (κ1) is 8.24. The number of Topliss-reactive ketones (excluding diaryl/α,β-unsaturated/α-hetero) is 1. The van der Waals surface area contributed by atoms with Crippen molar-refractivity contribution in [2.45, 2.75) is 19.8 Å². The molecule has 1 unspecified atom stereocenters. The lowest BCUT2D eigenvalue weighted by Gasteiger charge is -2.07. The Bertz CT molecular complexity index is 388. The van der Waals surface area contributed by atoms with E-state index in [-0.39, 0.29) is 11.7 Å². The number of hydrogen-bond donors (Lipinski definition) is 0. The molecule has 0 aliphatic heterocycles. The minimum absolute atomic E-state index is 0.00472. The van der Waals surface area contributed by atoms with Gasteiger partial charge in [-0.25, -0.2) is 0 Å². The summed E-state index contributed by atoms with van der Waals surface area (Å²) in [5.74, 6) is 0.218. The van der Waals surface area contributed by atoms with Gasteiger partial charge in [-0.15, -0.1) is 0 Å². The summed E-state index contributed by atoms with van der Waals surface area (Å²) < 4.78 is 0. The van der Waals surface area contributed by atoms with Gasteiger partial charge in [0.25, 0.3) is 0 Å². The molecule has 0 radical (unpaired) electrons. The van der Waals surface area contributed by atoms with E-state index in [1.54, 1.807) is 6.92 Å². The van der Waals surface area contributed by atoms with Crippen molar-refractivity contribution in [3.8, 4) is 0 Å². The van der Waals surface area contributed by atoms with Crippen molar-refractivity contribution >= 4 is 11.9 Å². The lowest BCUT2D eigenvalue weighted by Crippen LogP contribution is -2.03. The first-order chi connectivity index (χ1) is 6.20. The van der Waals surface area contributed by atoms with Gasteiger partial charge in [0, 0.05) is 0 Å². The van der Waals surface area contributed by atoms with Gasteiger partial charge in [-0.1, -0.05) is 30.4 Å². The predicted octanol–water partition coefficient (Wildman–Crippen LogP) is 2.69. The summed E-state index contributed by atoms with van der Waals surface area (Å²) in [5.41, 5.74) is 3.63. The fraction of sp³-hybridized carbons (Fsp3) is 0.250. The molecule has 1 heteroatoms. The second kappa shape index (κ2) is 2.84. The Balaban J connectivity index is 2.55. The van der Waals surface area contributed by atoms with E-state index in [1.165, 1.54) is 11.1 Å². The molecule has 0 bridgehead atoms. The monoisotopic (exact) mass is 172 g/mol. The van der Waals surface area contributed by atoms with E-state index in [4.69, 9.17) is 0 Å². The van der Waals surface area contributed by atoms with Crippen LogP contribution in [0.1, 0.15) is 29.5 Å². The number of fused-ring (bicyclic) bond motifs is 1. The summed E-state index contributed by atoms with van der Waals surface area (Å²) >= 11 is 0. The van der Waals surface area contributed by atoms with Gasteiger partial charge >= 0.3 is 0 Å². The van der Waals surface area contributed by atoms with Crippen molar-refractivity contribution in [2.75, 3.05) is 0 Å². The molecular formula is C12H12O. The predicted molar refractivity (Wildman–Crippen MR) is 53.6 cm³/mol. The quantitative estimate of drug-likeness (QED) is 0.636. The van der Waals surface area contributed by atoms with Crippen LogP contribution in [0.5, 0.6) is 0 Å². The SMILES string of the molecule is CC(=O)C1C=Cc2c(C)cccc21. The molecule has 1 atom stereocenters. The van der Waals surface area contributed by atoms with E-state index in [1.807, 2.05) is 18.2 Å². The van der Waals surface area contributed by atoms with Crippen molar-refractivity contribution in [3.05, 3.63) is 41.0 Å². The van der Waals surface area contributed by atoms with Crippen molar-refractivity contribution in [3.63, 3.8) is 0 Å². The Morgan fingerprint density at radius 1 is 1.38 bits per heavy atom. The molecule has 0 aromatic heterocycles. The first-order valence-electron chi connectivity index (χ1n) is 4.48. The highest BCUT2D eigenvalue weighted by Crippen LogP contribution is 2.32. The van der Waals surface area contributed by atoms with Gasteiger partial charge in [-0.05, 0) is 30.5 Å². The number of aryl methyl sites for hydroxylation is 1. The van der Waals surface area contributed by atoms with E-state index in [9.17, 15) is 4.79 Å². The molecule has 0 heterocycles. The molecule has 1 nitrogen and oxygen atoms in total. The van der Waals surface area contributed by atoms with Gasteiger partial charge in [0.2, 0.25) is 0 Å². The highest BCUT2D eigenvalue weighted by atomic mass is 16.1. The van der Waals surface area contributed by atoms with E-state index in [0.29, 0.717) is 0 Å². The van der Waals surface area contributed by atoms with E-state index >= 15 is 0 Å². The van der Waals surface area contributed by atoms with Crippen LogP contribution in [0.15, 0.2) is 24.3 Å². The van der Waals surface area contributed by atoms with Crippen molar-refractivity contribution in [2.24, 2.45) is 0 Å². The molecule has 1 aromatic carbocycles. The second-order valence-corrected chi connectivity index (χ2v) is 3.53. The summed E-state index contributed by atoms with van der Waals surface area (Å²) in [4.78, 5) is 11.3. The standard InChI is InChI=1S/C12H12O/c1-8-4-3-5-12-10(8)6-7-11(12)9(2)13/h3-7,11H,1-2H3. The van der Waals surface area contributed by atoms with Crippen LogP contribution in [-0.4, -0.2) is 5.78 Å². The lowest BCUT2D eigenvalue weighted by molar-refractivity contribution is -0.117. The Kier molecular flexibility index (Phi) is 1.80. The molecule has 0 saturated carbocycles. The lowest BCUT2D eigenvalue weighted by atomic mass is 9.95. The summed E-state index contributed by atoms with van der Waals surface area (Å²) in [6.07, 6.45) is 4.04. The van der Waals surface area contributed by atoms with Crippen LogP contribution in [0.4, 0.5) is 0 Å². The fourth-order valence-electron chi connectivity index (χ4n) is 1.85. The number of hydrogen-bond acceptors (Lipinski definition) is 1. The Morgan fingerprint density at radius 2 is 2.15 bits per heavy atom. The van der Waals surface area contributed by atoms with Gasteiger partial charge < -0.3 is 0 Å². The van der Waals surface area contributed by atoms with Gasteiger partial charge in [0.15, 0.2) is 0 Å². The molecule has 0 saturated heterocycles. The molecule has 0 spiro atoms. The number of allylic oxidation sites excluding steroid dienone is 1. The van der Waals surface area contributed by atoms with Crippen LogP contribution >= 0.6 is 0 Å². The maximum absolute atomic E-state index is 11.3. The Hall–Kier alpha value is -1.37. The fourth-order valence-corrected chi connectivity index (χ4v) is 1.85. The molecule has 0 N–H and O–H groups in total. The largest absolute Gasteiger partial charge is 0.299 e. The second-order valence-electron chi connectivity index (χ2n) is 3.53. The summed E-state index contributed by atoms with van der Waals surface area (Å²) in [5, 5.41) is 0. The number of benzene rings is 1. The first-order valence-corrected chi connectivity index (χ1v) is 4.48. The smallest absolute Gasteiger partial charge is 0.141 e. The molecule has 1 aliphatic rings. The van der Waals surface area contributed by atoms with Crippen LogP contribution in [0, 0.1) is 6.92 Å². The molecule has 2 rings (SSSR count). The third kappa shape index (κ3) is 1.21. The maximum Gasteiger partial charge on any atom is 0.141 e. The van der Waals surface area contributed by atoms with Gasteiger partial charge in [-0.3, -0.25) is 4.79 Å². The summed E-state index contributed by atoms with van der Waals surface area (Å²) in [7, 11) is 0. The van der Waals surface area contributed by atoms with E-state index in [2.05, 4.69) is 19.1 Å². The molecule has 13 heavy (non-hydrogen) atoms. The molecule has 66 valence electrons. The van der Waals surface area contributed by atoms with Crippen LogP contribution in [0.2, 0.25) is 0 Å². The maximum atomic E-state index is 11.3. The summed E-state index contributed by atoms with van der Waals surface area (Å²) in [6, 6.07) is 6.12. The molecule has 1 aliphatic carbocycles.